The number of hydrogen-bond donors (Lipinski definition) is 0. The quantitative estimate of drug-likeness (QED) is 0.0195. The average Bonchev–Trinajstić information content (AvgIpc) is 3.71. The Morgan fingerprint density at radius 3 is 0.955 bits per heavy atom. The molecule has 2 atom stereocenters. The molecule has 0 saturated carbocycles. The average molecular weight is 1240 g/mol. The standard InChI is InChI=1S/C80H139NO8/c1-6-8-10-12-14-16-18-20-22-24-26-28-30-32-34-36-37-38-39-40-41-43-44-46-48-50-52-54-56-58-60-62-64-66-68-70-77(82)87-74-76(75-88-80(79(84)85)86-73-72-81(3,4)5)89-78(83)71-69-67-65-63-61-59-57-55-53-51-49-47-45-42-35-33-31-29-27-25-23-21-19-17-15-13-11-9-7-2/h9,11,15,17-18,20-21,23-24,26-27,29,33,35,45,47,51,53,76,80H,6-8,10,12-14,16,19,22,25,28,30-32,34,36-44,46,48-50,52,54-75H2,1-5H3/b11-9-,17-15-,20-18-,23-21-,26-24-,29-27-,35-33-,47-45-,53-51-. The van der Waals surface area contributed by atoms with E-state index in [9.17, 15) is 19.5 Å². The number of rotatable bonds is 68. The molecular formula is C80H139NO8. The van der Waals surface area contributed by atoms with E-state index in [1.807, 2.05) is 21.1 Å². The summed E-state index contributed by atoms with van der Waals surface area (Å²) in [5, 5.41) is 11.8. The van der Waals surface area contributed by atoms with Crippen LogP contribution in [0.15, 0.2) is 109 Å². The summed E-state index contributed by atoms with van der Waals surface area (Å²) in [5.74, 6) is -2.29. The number of hydrogen-bond acceptors (Lipinski definition) is 8. The molecule has 0 amide bonds. The number of carbonyl (C=O) groups excluding carboxylic acids is 3. The summed E-state index contributed by atoms with van der Waals surface area (Å²) in [5.41, 5.74) is 0. The molecule has 0 saturated heterocycles. The van der Waals surface area contributed by atoms with Crippen LogP contribution in [0.5, 0.6) is 0 Å². The van der Waals surface area contributed by atoms with Crippen molar-refractivity contribution in [1.82, 2.24) is 0 Å². The van der Waals surface area contributed by atoms with Crippen molar-refractivity contribution in [1.29, 1.82) is 0 Å². The van der Waals surface area contributed by atoms with Gasteiger partial charge in [-0.25, -0.2) is 0 Å². The molecule has 0 aromatic carbocycles. The molecular weight excluding hydrogens is 1100 g/mol. The maximum Gasteiger partial charge on any atom is 0.306 e. The normalized spacial score (nSPS) is 13.3. The lowest BCUT2D eigenvalue weighted by molar-refractivity contribution is -0.870. The third kappa shape index (κ3) is 71.3. The van der Waals surface area contributed by atoms with Gasteiger partial charge in [0, 0.05) is 12.8 Å². The Bertz CT molecular complexity index is 1830. The van der Waals surface area contributed by atoms with Crippen molar-refractivity contribution >= 4 is 17.9 Å². The molecule has 0 aromatic rings. The van der Waals surface area contributed by atoms with Crippen LogP contribution in [-0.4, -0.2) is 82.3 Å². The van der Waals surface area contributed by atoms with Crippen LogP contribution in [0.1, 0.15) is 322 Å². The molecule has 2 unspecified atom stereocenters. The summed E-state index contributed by atoms with van der Waals surface area (Å²) < 4.78 is 22.8. The smallest absolute Gasteiger partial charge is 0.306 e. The molecule has 0 bridgehead atoms. The summed E-state index contributed by atoms with van der Waals surface area (Å²) >= 11 is 0. The Labute approximate surface area is 549 Å². The largest absolute Gasteiger partial charge is 0.545 e. The lowest BCUT2D eigenvalue weighted by atomic mass is 10.0. The SMILES string of the molecule is CC/C=C\C/C=C\C/C=C\C/C=C\C/C=C\C/C=C\C/C=C\CCCCCCCCCC(=O)OC(COC(=O)CCCCCCCCCCCCCCCCCCCCCCCCC/C=C\C/C=C\CCCCCCC)COC(OCC[N+](C)(C)C)C(=O)[O-]. The van der Waals surface area contributed by atoms with Crippen LogP contribution in [0.3, 0.4) is 0 Å². The number of allylic oxidation sites excluding steroid dienone is 18. The second-order valence-corrected chi connectivity index (χ2v) is 25.9. The summed E-state index contributed by atoms with van der Waals surface area (Å²) in [6.07, 6.45) is 94.7. The van der Waals surface area contributed by atoms with Crippen molar-refractivity contribution in [2.75, 3.05) is 47.5 Å². The number of unbranched alkanes of at least 4 members (excludes halogenated alkanes) is 35. The van der Waals surface area contributed by atoms with E-state index >= 15 is 0 Å². The highest BCUT2D eigenvalue weighted by atomic mass is 16.7. The van der Waals surface area contributed by atoms with E-state index in [4.69, 9.17) is 18.9 Å². The van der Waals surface area contributed by atoms with Gasteiger partial charge in [0.15, 0.2) is 12.4 Å². The predicted octanol–water partition coefficient (Wildman–Crippen LogP) is 22.0. The Morgan fingerprint density at radius 1 is 0.348 bits per heavy atom. The summed E-state index contributed by atoms with van der Waals surface area (Å²) in [6.45, 7) is 4.64. The highest BCUT2D eigenvalue weighted by Gasteiger charge is 2.22. The molecule has 0 spiro atoms. The number of quaternary nitrogens is 1. The number of esters is 2. The Kier molecular flexibility index (Phi) is 66.7. The van der Waals surface area contributed by atoms with Gasteiger partial charge in [-0.2, -0.15) is 0 Å². The maximum atomic E-state index is 12.9. The van der Waals surface area contributed by atoms with E-state index in [0.717, 1.165) is 96.3 Å². The van der Waals surface area contributed by atoms with Crippen molar-refractivity contribution in [3.8, 4) is 0 Å². The molecule has 89 heavy (non-hydrogen) atoms. The van der Waals surface area contributed by atoms with Crippen LogP contribution in [0.2, 0.25) is 0 Å². The molecule has 0 rings (SSSR count). The van der Waals surface area contributed by atoms with Gasteiger partial charge in [0.2, 0.25) is 0 Å². The Hall–Kier alpha value is -4.05. The van der Waals surface area contributed by atoms with Gasteiger partial charge in [-0.05, 0) is 103 Å². The van der Waals surface area contributed by atoms with Crippen molar-refractivity contribution in [3.05, 3.63) is 109 Å². The minimum absolute atomic E-state index is 0.142. The highest BCUT2D eigenvalue weighted by molar-refractivity contribution is 5.70. The maximum absolute atomic E-state index is 12.9. The molecule has 0 aromatic heterocycles. The number of ether oxygens (including phenoxy) is 4. The zero-order valence-corrected chi connectivity index (χ0v) is 58.5. The van der Waals surface area contributed by atoms with Gasteiger partial charge in [-0.1, -0.05) is 316 Å². The van der Waals surface area contributed by atoms with E-state index in [0.29, 0.717) is 17.4 Å². The third-order valence-corrected chi connectivity index (χ3v) is 16.0. The van der Waals surface area contributed by atoms with Gasteiger partial charge in [-0.15, -0.1) is 0 Å². The predicted molar refractivity (Wildman–Crippen MR) is 380 cm³/mol. The minimum Gasteiger partial charge on any atom is -0.545 e. The first kappa shape index (κ1) is 85.0. The molecule has 0 aliphatic rings. The topological polar surface area (TPSA) is 111 Å². The van der Waals surface area contributed by atoms with Crippen LogP contribution in [0.25, 0.3) is 0 Å². The van der Waals surface area contributed by atoms with Crippen LogP contribution in [0, 0.1) is 0 Å². The molecule has 9 nitrogen and oxygen atoms in total. The van der Waals surface area contributed by atoms with Crippen molar-refractivity contribution in [2.24, 2.45) is 0 Å². The fraction of sp³-hybridized carbons (Fsp3) is 0.738. The van der Waals surface area contributed by atoms with E-state index < -0.39 is 24.3 Å². The summed E-state index contributed by atoms with van der Waals surface area (Å²) in [4.78, 5) is 37.5. The highest BCUT2D eigenvalue weighted by Crippen LogP contribution is 2.18. The summed E-state index contributed by atoms with van der Waals surface area (Å²) in [7, 11) is 5.93. The van der Waals surface area contributed by atoms with Crippen LogP contribution >= 0.6 is 0 Å². The first-order chi connectivity index (χ1) is 43.6. The third-order valence-electron chi connectivity index (χ3n) is 16.0. The number of carboxylic acids is 1. The molecule has 0 N–H and O–H groups in total. The monoisotopic (exact) mass is 1240 g/mol. The van der Waals surface area contributed by atoms with Crippen molar-refractivity contribution < 1.29 is 42.9 Å². The van der Waals surface area contributed by atoms with Crippen molar-refractivity contribution in [3.63, 3.8) is 0 Å². The minimum atomic E-state index is -1.63. The molecule has 512 valence electrons. The molecule has 0 aliphatic heterocycles. The van der Waals surface area contributed by atoms with Gasteiger partial charge in [0.05, 0.1) is 40.3 Å². The zero-order chi connectivity index (χ0) is 64.7. The van der Waals surface area contributed by atoms with E-state index in [-0.39, 0.29) is 38.6 Å². The second-order valence-electron chi connectivity index (χ2n) is 25.9. The number of nitrogens with zero attached hydrogens (tertiary/aromatic N) is 1. The molecule has 0 aliphatic carbocycles. The van der Waals surface area contributed by atoms with Crippen LogP contribution in [-0.2, 0) is 33.3 Å². The van der Waals surface area contributed by atoms with Crippen LogP contribution < -0.4 is 5.11 Å². The number of aliphatic carboxylic acids is 1. The van der Waals surface area contributed by atoms with Gasteiger partial charge in [0.25, 0.3) is 0 Å². The molecule has 0 heterocycles. The molecule has 9 heteroatoms. The second kappa shape index (κ2) is 69.8. The lowest BCUT2D eigenvalue weighted by Gasteiger charge is -2.26. The zero-order valence-electron chi connectivity index (χ0n) is 58.5. The number of likely N-dealkylation sites (N-methyl/N-ethyl adjacent to an activating group) is 1. The van der Waals surface area contributed by atoms with Gasteiger partial charge in [0.1, 0.15) is 13.2 Å². The van der Waals surface area contributed by atoms with Crippen LogP contribution in [0.4, 0.5) is 0 Å². The summed E-state index contributed by atoms with van der Waals surface area (Å²) in [6, 6.07) is 0. The first-order valence-corrected chi connectivity index (χ1v) is 37.0. The molecule has 0 fully saturated rings. The lowest BCUT2D eigenvalue weighted by Crippen LogP contribution is -2.44. The number of carbonyl (C=O) groups is 3. The fourth-order valence-corrected chi connectivity index (χ4v) is 10.4. The van der Waals surface area contributed by atoms with E-state index in [2.05, 4.69) is 123 Å². The van der Waals surface area contributed by atoms with E-state index in [1.54, 1.807) is 0 Å². The fourth-order valence-electron chi connectivity index (χ4n) is 10.4. The van der Waals surface area contributed by atoms with Crippen molar-refractivity contribution in [2.45, 2.75) is 334 Å². The van der Waals surface area contributed by atoms with E-state index in [1.165, 1.54) is 193 Å². The number of carboxylic acid groups (broad SMARTS) is 1. The molecule has 0 radical (unpaired) electrons. The Balaban J connectivity index is 4.09. The van der Waals surface area contributed by atoms with Gasteiger partial charge in [-0.3, -0.25) is 9.59 Å². The van der Waals surface area contributed by atoms with Gasteiger partial charge < -0.3 is 33.3 Å². The Morgan fingerprint density at radius 2 is 0.640 bits per heavy atom. The van der Waals surface area contributed by atoms with Gasteiger partial charge >= 0.3 is 11.9 Å². The first-order valence-electron chi connectivity index (χ1n) is 37.0.